The number of para-hydroxylation sites is 1. The molecular weight excluding hydrogens is 338 g/mol. The molecule has 0 aliphatic rings. The van der Waals surface area contributed by atoms with E-state index in [1.165, 1.54) is 6.07 Å². The number of aliphatic hydroxyl groups excluding tert-OH is 1. The Balaban J connectivity index is 2.39. The fourth-order valence-electron chi connectivity index (χ4n) is 1.94. The van der Waals surface area contributed by atoms with Crippen molar-refractivity contribution in [1.29, 1.82) is 0 Å². The molecule has 0 bridgehead atoms. The van der Waals surface area contributed by atoms with E-state index in [9.17, 15) is 15.2 Å². The highest BCUT2D eigenvalue weighted by atomic mass is 79.9. The molecule has 0 fully saturated rings. The number of benzene rings is 2. The third-order valence-electron chi connectivity index (χ3n) is 3.03. The van der Waals surface area contributed by atoms with Crippen LogP contribution in [0.2, 0.25) is 0 Å². The fraction of sp³-hybridized carbons (Fsp3) is 0.200. The van der Waals surface area contributed by atoms with Crippen LogP contribution in [0.25, 0.3) is 0 Å². The number of hydrogen-bond donors (Lipinski definition) is 1. The minimum absolute atomic E-state index is 0.0780. The summed E-state index contributed by atoms with van der Waals surface area (Å²) < 4.78 is 6.35. The predicted octanol–water partition coefficient (Wildman–Crippen LogP) is 4.51. The van der Waals surface area contributed by atoms with Crippen LogP contribution in [0.5, 0.6) is 11.5 Å². The summed E-state index contributed by atoms with van der Waals surface area (Å²) in [6.45, 7) is 3.41. The van der Waals surface area contributed by atoms with E-state index in [0.29, 0.717) is 15.8 Å². The molecule has 0 heterocycles. The highest BCUT2D eigenvalue weighted by molar-refractivity contribution is 9.10. The third-order valence-corrected chi connectivity index (χ3v) is 3.72. The molecule has 0 aliphatic carbocycles. The van der Waals surface area contributed by atoms with Gasteiger partial charge in [0.15, 0.2) is 0 Å². The minimum Gasteiger partial charge on any atom is -0.450 e. The van der Waals surface area contributed by atoms with Crippen molar-refractivity contribution >= 4 is 21.6 Å². The Morgan fingerprint density at radius 3 is 2.62 bits per heavy atom. The van der Waals surface area contributed by atoms with Crippen LogP contribution in [0, 0.1) is 17.0 Å². The van der Waals surface area contributed by atoms with E-state index in [0.717, 1.165) is 5.56 Å². The van der Waals surface area contributed by atoms with Gasteiger partial charge in [-0.1, -0.05) is 34.1 Å². The van der Waals surface area contributed by atoms with Gasteiger partial charge in [-0.25, -0.2) is 0 Å². The van der Waals surface area contributed by atoms with Crippen LogP contribution in [-0.4, -0.2) is 10.0 Å². The molecule has 2 aromatic rings. The molecular formula is C15H14BrNO4. The molecule has 0 spiro atoms. The van der Waals surface area contributed by atoms with Crippen molar-refractivity contribution in [3.8, 4) is 11.5 Å². The maximum atomic E-state index is 11.1. The van der Waals surface area contributed by atoms with Crippen molar-refractivity contribution in [3.05, 3.63) is 62.1 Å². The monoisotopic (exact) mass is 351 g/mol. The highest BCUT2D eigenvalue weighted by Crippen LogP contribution is 2.36. The van der Waals surface area contributed by atoms with Gasteiger partial charge < -0.3 is 9.84 Å². The van der Waals surface area contributed by atoms with Gasteiger partial charge in [0.1, 0.15) is 5.75 Å². The van der Waals surface area contributed by atoms with E-state index in [1.54, 1.807) is 44.2 Å². The van der Waals surface area contributed by atoms with Gasteiger partial charge in [-0.3, -0.25) is 10.1 Å². The van der Waals surface area contributed by atoms with Crippen LogP contribution < -0.4 is 4.74 Å². The van der Waals surface area contributed by atoms with Crippen molar-refractivity contribution < 1.29 is 14.8 Å². The Morgan fingerprint density at radius 2 is 2.05 bits per heavy atom. The fourth-order valence-corrected chi connectivity index (χ4v) is 2.63. The zero-order chi connectivity index (χ0) is 15.6. The van der Waals surface area contributed by atoms with E-state index in [4.69, 9.17) is 4.74 Å². The van der Waals surface area contributed by atoms with Gasteiger partial charge in [0.05, 0.1) is 11.0 Å². The second-order valence-corrected chi connectivity index (χ2v) is 5.50. The zero-order valence-electron chi connectivity index (χ0n) is 11.5. The number of aliphatic hydroxyl groups is 1. The summed E-state index contributed by atoms with van der Waals surface area (Å²) in [4.78, 5) is 10.6. The molecule has 0 amide bonds. The van der Waals surface area contributed by atoms with E-state index < -0.39 is 11.0 Å². The molecule has 0 aromatic heterocycles. The van der Waals surface area contributed by atoms with Gasteiger partial charge >= 0.3 is 5.69 Å². The average Bonchev–Trinajstić information content (AvgIpc) is 2.40. The second kappa shape index (κ2) is 6.24. The van der Waals surface area contributed by atoms with Crippen LogP contribution >= 0.6 is 15.9 Å². The Kier molecular flexibility index (Phi) is 4.59. The summed E-state index contributed by atoms with van der Waals surface area (Å²) in [6, 6.07) is 9.84. The lowest BCUT2D eigenvalue weighted by Crippen LogP contribution is -1.97. The second-order valence-electron chi connectivity index (χ2n) is 4.64. The molecule has 0 unspecified atom stereocenters. The first kappa shape index (κ1) is 15.5. The Labute approximate surface area is 130 Å². The Bertz CT molecular complexity index is 685. The van der Waals surface area contributed by atoms with E-state index in [-0.39, 0.29) is 11.4 Å². The Morgan fingerprint density at radius 1 is 1.33 bits per heavy atom. The lowest BCUT2D eigenvalue weighted by Gasteiger charge is -2.12. The van der Waals surface area contributed by atoms with Crippen LogP contribution in [0.4, 0.5) is 5.69 Å². The topological polar surface area (TPSA) is 72.6 Å². The van der Waals surface area contributed by atoms with Gasteiger partial charge in [0, 0.05) is 10.5 Å². The molecule has 1 atom stereocenters. The molecule has 5 nitrogen and oxygen atoms in total. The summed E-state index contributed by atoms with van der Waals surface area (Å²) >= 11 is 3.35. The summed E-state index contributed by atoms with van der Waals surface area (Å²) in [5, 5.41) is 20.6. The van der Waals surface area contributed by atoms with E-state index in [1.807, 2.05) is 0 Å². The summed E-state index contributed by atoms with van der Waals surface area (Å²) in [5.41, 5.74) is 1.33. The van der Waals surface area contributed by atoms with Crippen molar-refractivity contribution in [1.82, 2.24) is 0 Å². The van der Waals surface area contributed by atoms with Crippen LogP contribution in [0.3, 0.4) is 0 Å². The quantitative estimate of drug-likeness (QED) is 0.649. The SMILES string of the molecule is Cc1cccc([N+](=O)[O-])c1Oc1ccc([C@H](C)O)c(Br)c1. The van der Waals surface area contributed by atoms with Crippen molar-refractivity contribution in [2.45, 2.75) is 20.0 Å². The molecule has 0 radical (unpaired) electrons. The number of halogens is 1. The molecule has 21 heavy (non-hydrogen) atoms. The summed E-state index contributed by atoms with van der Waals surface area (Å²) in [6.07, 6.45) is -0.610. The lowest BCUT2D eigenvalue weighted by molar-refractivity contribution is -0.385. The highest BCUT2D eigenvalue weighted by Gasteiger charge is 2.18. The smallest absolute Gasteiger partial charge is 0.311 e. The van der Waals surface area contributed by atoms with Crippen LogP contribution in [-0.2, 0) is 0 Å². The summed E-state index contributed by atoms with van der Waals surface area (Å²) in [5.74, 6) is 0.683. The lowest BCUT2D eigenvalue weighted by atomic mass is 10.1. The van der Waals surface area contributed by atoms with Gasteiger partial charge in [-0.2, -0.15) is 0 Å². The maximum absolute atomic E-state index is 11.1. The summed E-state index contributed by atoms with van der Waals surface area (Å²) in [7, 11) is 0. The van der Waals surface area contributed by atoms with Gasteiger partial charge in [0.2, 0.25) is 5.75 Å². The zero-order valence-corrected chi connectivity index (χ0v) is 13.1. The minimum atomic E-state index is -0.610. The standard InChI is InChI=1S/C15H14BrNO4/c1-9-4-3-5-14(17(19)20)15(9)21-11-6-7-12(10(2)18)13(16)8-11/h3-8,10,18H,1-2H3/t10-/m0/s1. The maximum Gasteiger partial charge on any atom is 0.311 e. The normalized spacial score (nSPS) is 12.0. The molecule has 2 rings (SSSR count). The molecule has 6 heteroatoms. The van der Waals surface area contributed by atoms with Gasteiger partial charge in [-0.05, 0) is 37.1 Å². The first-order valence-electron chi connectivity index (χ1n) is 6.29. The molecule has 2 aromatic carbocycles. The van der Waals surface area contributed by atoms with Crippen LogP contribution in [0.15, 0.2) is 40.9 Å². The Hall–Kier alpha value is -1.92. The number of ether oxygens (including phenoxy) is 1. The number of hydrogen-bond acceptors (Lipinski definition) is 4. The first-order valence-corrected chi connectivity index (χ1v) is 7.09. The van der Waals surface area contributed by atoms with Gasteiger partial charge in [0.25, 0.3) is 0 Å². The van der Waals surface area contributed by atoms with E-state index >= 15 is 0 Å². The first-order chi connectivity index (χ1) is 9.90. The molecule has 1 N–H and O–H groups in total. The van der Waals surface area contributed by atoms with Gasteiger partial charge in [-0.15, -0.1) is 0 Å². The number of aryl methyl sites for hydroxylation is 1. The number of nitrogens with zero attached hydrogens (tertiary/aromatic N) is 1. The average molecular weight is 352 g/mol. The van der Waals surface area contributed by atoms with Crippen molar-refractivity contribution in [3.63, 3.8) is 0 Å². The molecule has 0 saturated heterocycles. The number of nitro groups is 1. The molecule has 110 valence electrons. The number of nitro benzene ring substituents is 1. The van der Waals surface area contributed by atoms with Crippen LogP contribution in [0.1, 0.15) is 24.2 Å². The predicted molar refractivity (Wildman–Crippen MR) is 82.7 cm³/mol. The molecule has 0 saturated carbocycles. The third kappa shape index (κ3) is 3.40. The molecule has 0 aliphatic heterocycles. The largest absolute Gasteiger partial charge is 0.450 e. The van der Waals surface area contributed by atoms with Crippen molar-refractivity contribution in [2.24, 2.45) is 0 Å². The van der Waals surface area contributed by atoms with Crippen molar-refractivity contribution in [2.75, 3.05) is 0 Å². The van der Waals surface area contributed by atoms with E-state index in [2.05, 4.69) is 15.9 Å². The number of rotatable bonds is 4.